The lowest BCUT2D eigenvalue weighted by Gasteiger charge is -2.22. The third-order valence-corrected chi connectivity index (χ3v) is 3.52. The van der Waals surface area contributed by atoms with Gasteiger partial charge in [0, 0.05) is 12.6 Å². The Morgan fingerprint density at radius 3 is 2.67 bits per heavy atom. The maximum absolute atomic E-state index is 5.72. The third-order valence-electron chi connectivity index (χ3n) is 3.52. The highest BCUT2D eigenvalue weighted by Crippen LogP contribution is 2.25. The van der Waals surface area contributed by atoms with Crippen molar-refractivity contribution in [1.29, 1.82) is 0 Å². The summed E-state index contributed by atoms with van der Waals surface area (Å²) in [6.45, 7) is 4.07. The zero-order valence-corrected chi connectivity index (χ0v) is 11.4. The second kappa shape index (κ2) is 7.42. The van der Waals surface area contributed by atoms with Crippen molar-refractivity contribution in [2.75, 3.05) is 13.2 Å². The zero-order chi connectivity index (χ0) is 12.6. The first-order valence-corrected chi connectivity index (χ1v) is 7.29. The SMILES string of the molecule is CCCCCOc1ccc(C2CCCC[N]2)cc1. The van der Waals surface area contributed by atoms with E-state index in [-0.39, 0.29) is 0 Å². The number of hydrogen-bond acceptors (Lipinski definition) is 1. The number of hydrogen-bond donors (Lipinski definition) is 0. The fourth-order valence-corrected chi connectivity index (χ4v) is 2.39. The van der Waals surface area contributed by atoms with E-state index < -0.39 is 0 Å². The van der Waals surface area contributed by atoms with E-state index in [1.165, 1.54) is 37.7 Å². The van der Waals surface area contributed by atoms with E-state index in [1.807, 2.05) is 0 Å². The Hall–Kier alpha value is -1.02. The van der Waals surface area contributed by atoms with E-state index in [9.17, 15) is 0 Å². The van der Waals surface area contributed by atoms with Gasteiger partial charge in [0.15, 0.2) is 0 Å². The van der Waals surface area contributed by atoms with Crippen LogP contribution in [-0.2, 0) is 0 Å². The van der Waals surface area contributed by atoms with Gasteiger partial charge >= 0.3 is 0 Å². The standard InChI is InChI=1S/C16H24NO/c1-2-3-6-13-18-15-10-8-14(9-11-15)16-7-4-5-12-17-16/h8-11,16H,2-7,12-13H2,1H3. The molecule has 1 radical (unpaired) electrons. The largest absolute Gasteiger partial charge is 0.494 e. The average molecular weight is 246 g/mol. The van der Waals surface area contributed by atoms with Crippen molar-refractivity contribution in [2.45, 2.75) is 51.5 Å². The number of benzene rings is 1. The molecule has 1 aliphatic heterocycles. The molecular weight excluding hydrogens is 222 g/mol. The first-order valence-electron chi connectivity index (χ1n) is 7.29. The average Bonchev–Trinajstić information content (AvgIpc) is 2.45. The fraction of sp³-hybridized carbons (Fsp3) is 0.625. The van der Waals surface area contributed by atoms with Gasteiger partial charge in [-0.05, 0) is 37.0 Å². The molecule has 0 N–H and O–H groups in total. The minimum atomic E-state index is 0.424. The molecule has 0 bridgehead atoms. The van der Waals surface area contributed by atoms with Crippen LogP contribution in [0.15, 0.2) is 24.3 Å². The highest BCUT2D eigenvalue weighted by molar-refractivity contribution is 5.29. The lowest BCUT2D eigenvalue weighted by atomic mass is 9.98. The van der Waals surface area contributed by atoms with E-state index >= 15 is 0 Å². The molecule has 0 aliphatic carbocycles. The first-order chi connectivity index (χ1) is 8.90. The molecule has 2 nitrogen and oxygen atoms in total. The molecule has 1 aromatic rings. The summed E-state index contributed by atoms with van der Waals surface area (Å²) < 4.78 is 5.72. The Kier molecular flexibility index (Phi) is 5.53. The predicted octanol–water partition coefficient (Wildman–Crippen LogP) is 4.09. The van der Waals surface area contributed by atoms with Crippen LogP contribution in [0.5, 0.6) is 5.75 Å². The van der Waals surface area contributed by atoms with Crippen molar-refractivity contribution in [2.24, 2.45) is 0 Å². The molecule has 0 amide bonds. The van der Waals surface area contributed by atoms with Gasteiger partial charge in [-0.15, -0.1) is 0 Å². The van der Waals surface area contributed by atoms with Gasteiger partial charge in [0.25, 0.3) is 0 Å². The fourth-order valence-electron chi connectivity index (χ4n) is 2.39. The van der Waals surface area contributed by atoms with Gasteiger partial charge in [0.05, 0.1) is 6.61 Å². The smallest absolute Gasteiger partial charge is 0.119 e. The van der Waals surface area contributed by atoms with Crippen molar-refractivity contribution in [1.82, 2.24) is 5.32 Å². The van der Waals surface area contributed by atoms with Crippen LogP contribution in [-0.4, -0.2) is 13.2 Å². The molecular formula is C16H24NO. The van der Waals surface area contributed by atoms with Crippen molar-refractivity contribution < 1.29 is 4.74 Å². The minimum absolute atomic E-state index is 0.424. The Morgan fingerprint density at radius 2 is 2.00 bits per heavy atom. The van der Waals surface area contributed by atoms with Crippen LogP contribution in [0, 0.1) is 0 Å². The molecule has 99 valence electrons. The number of unbranched alkanes of at least 4 members (excludes halogenated alkanes) is 2. The lowest BCUT2D eigenvalue weighted by molar-refractivity contribution is 0.306. The Morgan fingerprint density at radius 1 is 1.17 bits per heavy atom. The predicted molar refractivity (Wildman–Crippen MR) is 75.1 cm³/mol. The third kappa shape index (κ3) is 4.02. The molecule has 18 heavy (non-hydrogen) atoms. The molecule has 1 aromatic carbocycles. The number of nitrogens with zero attached hydrogens (tertiary/aromatic N) is 1. The molecule has 0 spiro atoms. The Balaban J connectivity index is 1.81. The monoisotopic (exact) mass is 246 g/mol. The minimum Gasteiger partial charge on any atom is -0.494 e. The van der Waals surface area contributed by atoms with E-state index in [2.05, 4.69) is 36.5 Å². The maximum atomic E-state index is 5.72. The van der Waals surface area contributed by atoms with Gasteiger partial charge in [0.2, 0.25) is 0 Å². The summed E-state index contributed by atoms with van der Waals surface area (Å²) in [5.41, 5.74) is 1.34. The van der Waals surface area contributed by atoms with Crippen LogP contribution >= 0.6 is 0 Å². The van der Waals surface area contributed by atoms with Crippen molar-refractivity contribution in [3.8, 4) is 5.75 Å². The van der Waals surface area contributed by atoms with Crippen molar-refractivity contribution >= 4 is 0 Å². The number of piperidine rings is 1. The topological polar surface area (TPSA) is 23.3 Å². The Bertz CT molecular complexity index is 327. The number of ether oxygens (including phenoxy) is 1. The van der Waals surface area contributed by atoms with E-state index in [0.29, 0.717) is 6.04 Å². The van der Waals surface area contributed by atoms with E-state index in [0.717, 1.165) is 25.3 Å². The van der Waals surface area contributed by atoms with Crippen LogP contribution in [0.4, 0.5) is 0 Å². The Labute approximate surface area is 111 Å². The summed E-state index contributed by atoms with van der Waals surface area (Å²) in [6.07, 6.45) is 7.41. The zero-order valence-electron chi connectivity index (χ0n) is 11.4. The molecule has 1 aliphatic rings. The molecule has 1 fully saturated rings. The molecule has 1 heterocycles. The van der Waals surface area contributed by atoms with Gasteiger partial charge in [-0.1, -0.05) is 38.3 Å². The highest BCUT2D eigenvalue weighted by atomic mass is 16.5. The van der Waals surface area contributed by atoms with Crippen LogP contribution in [0.3, 0.4) is 0 Å². The van der Waals surface area contributed by atoms with E-state index in [1.54, 1.807) is 0 Å². The van der Waals surface area contributed by atoms with Crippen molar-refractivity contribution in [3.05, 3.63) is 29.8 Å². The maximum Gasteiger partial charge on any atom is 0.119 e. The van der Waals surface area contributed by atoms with Gasteiger partial charge in [-0.3, -0.25) is 0 Å². The van der Waals surface area contributed by atoms with Crippen LogP contribution in [0.2, 0.25) is 0 Å². The normalized spacial score (nSPS) is 19.7. The summed E-state index contributed by atoms with van der Waals surface area (Å²) in [5, 5.41) is 4.68. The summed E-state index contributed by atoms with van der Waals surface area (Å²) >= 11 is 0. The summed E-state index contributed by atoms with van der Waals surface area (Å²) in [4.78, 5) is 0. The summed E-state index contributed by atoms with van der Waals surface area (Å²) in [6, 6.07) is 8.95. The van der Waals surface area contributed by atoms with Crippen LogP contribution < -0.4 is 10.1 Å². The molecule has 1 atom stereocenters. The second-order valence-electron chi connectivity index (χ2n) is 5.04. The molecule has 1 unspecified atom stereocenters. The quantitative estimate of drug-likeness (QED) is 0.693. The summed E-state index contributed by atoms with van der Waals surface area (Å²) in [7, 11) is 0. The molecule has 2 rings (SSSR count). The molecule has 0 aromatic heterocycles. The highest BCUT2D eigenvalue weighted by Gasteiger charge is 2.15. The summed E-state index contributed by atoms with van der Waals surface area (Å²) in [5.74, 6) is 0.991. The lowest BCUT2D eigenvalue weighted by Crippen LogP contribution is -2.20. The van der Waals surface area contributed by atoms with E-state index in [4.69, 9.17) is 4.74 Å². The molecule has 1 saturated heterocycles. The van der Waals surface area contributed by atoms with Crippen LogP contribution in [0.25, 0.3) is 0 Å². The molecule has 2 heteroatoms. The van der Waals surface area contributed by atoms with Gasteiger partial charge in [0.1, 0.15) is 5.75 Å². The van der Waals surface area contributed by atoms with Gasteiger partial charge in [-0.2, -0.15) is 0 Å². The van der Waals surface area contributed by atoms with Crippen molar-refractivity contribution in [3.63, 3.8) is 0 Å². The van der Waals surface area contributed by atoms with Gasteiger partial charge < -0.3 is 4.74 Å². The second-order valence-corrected chi connectivity index (χ2v) is 5.04. The van der Waals surface area contributed by atoms with Gasteiger partial charge in [-0.25, -0.2) is 5.32 Å². The number of rotatable bonds is 6. The van der Waals surface area contributed by atoms with Crippen LogP contribution in [0.1, 0.15) is 57.1 Å². The first kappa shape index (κ1) is 13.4. The molecule has 0 saturated carbocycles.